The third kappa shape index (κ3) is 9.06. The first-order chi connectivity index (χ1) is 28.0. The minimum atomic E-state index is -4.31. The molecule has 16 heteroatoms. The molecule has 0 unspecified atom stereocenters. The van der Waals surface area contributed by atoms with E-state index in [0.29, 0.717) is 34.5 Å². The maximum Gasteiger partial charge on any atom is 0.656 e. The molecule has 0 radical (unpaired) electrons. The topological polar surface area (TPSA) is 134 Å². The zero-order valence-electron chi connectivity index (χ0n) is 32.7. The number of ether oxygens (including phenoxy) is 6. The third-order valence-electron chi connectivity index (χ3n) is 9.18. The minimum Gasteiger partial charge on any atom is -0.497 e. The van der Waals surface area contributed by atoms with E-state index in [1.165, 1.54) is 42.7 Å². The van der Waals surface area contributed by atoms with Crippen molar-refractivity contribution in [2.24, 2.45) is 0 Å². The largest absolute Gasteiger partial charge is 0.656 e. The molecule has 6 aromatic carbocycles. The highest BCUT2D eigenvalue weighted by Crippen LogP contribution is 2.55. The van der Waals surface area contributed by atoms with Gasteiger partial charge in [-0.2, -0.15) is 0 Å². The molecule has 0 aromatic heterocycles. The summed E-state index contributed by atoms with van der Waals surface area (Å²) < 4.78 is 99.4. The van der Waals surface area contributed by atoms with Gasteiger partial charge in [0.05, 0.1) is 42.7 Å². The molecule has 12 nitrogen and oxygen atoms in total. The lowest BCUT2D eigenvalue weighted by Gasteiger charge is -2.30. The Bertz CT molecular complexity index is 1980. The Labute approximate surface area is 338 Å². The third-order valence-corrected chi connectivity index (χ3v) is 16.5. The summed E-state index contributed by atoms with van der Waals surface area (Å²) >= 11 is 0. The Kier molecular flexibility index (Phi) is 13.6. The van der Waals surface area contributed by atoms with Crippen molar-refractivity contribution in [2.75, 3.05) is 42.7 Å². The summed E-state index contributed by atoms with van der Waals surface area (Å²) in [6.07, 6.45) is 0. The molecule has 0 fully saturated rings. The maximum absolute atomic E-state index is 15.8. The second-order valence-corrected chi connectivity index (χ2v) is 19.5. The summed E-state index contributed by atoms with van der Waals surface area (Å²) in [5.74, 6) is 3.01. The van der Waals surface area contributed by atoms with Crippen LogP contribution in [0.25, 0.3) is 0 Å². The summed E-state index contributed by atoms with van der Waals surface area (Å²) in [5, 5.41) is 1.27. The summed E-state index contributed by atoms with van der Waals surface area (Å²) in [6.45, 7) is 0. The molecule has 6 rings (SSSR count). The first-order valence-electron chi connectivity index (χ1n) is 17.7. The first kappa shape index (κ1) is 42.4. The van der Waals surface area contributed by atoms with Gasteiger partial charge in [-0.25, -0.2) is 0 Å². The predicted molar refractivity (Wildman–Crippen MR) is 228 cm³/mol. The number of hydrogen-bond donors (Lipinski definition) is 0. The van der Waals surface area contributed by atoms with Gasteiger partial charge < -0.3 is 41.7 Å². The highest BCUT2D eigenvalue weighted by Gasteiger charge is 2.48. The molecule has 6 aromatic rings. The van der Waals surface area contributed by atoms with Crippen LogP contribution in [-0.4, -0.2) is 50.0 Å². The summed E-state index contributed by atoms with van der Waals surface area (Å²) in [7, 11) is -6.01. The maximum atomic E-state index is 15.8. The van der Waals surface area contributed by atoms with Crippen LogP contribution >= 0.6 is 22.1 Å². The van der Waals surface area contributed by atoms with Crippen molar-refractivity contribution in [1.29, 1.82) is 0 Å². The van der Waals surface area contributed by atoms with E-state index in [-0.39, 0.29) is 31.8 Å². The van der Waals surface area contributed by atoms with Gasteiger partial charge in [-0.3, -0.25) is 13.7 Å². The van der Waals surface area contributed by atoms with Crippen molar-refractivity contribution >= 4 is 61.3 Å². The van der Waals surface area contributed by atoms with Crippen molar-refractivity contribution in [3.05, 3.63) is 146 Å². The lowest BCUT2D eigenvalue weighted by Crippen LogP contribution is -2.35. The molecule has 0 aliphatic carbocycles. The first-order valence-corrected chi connectivity index (χ1v) is 22.6. The van der Waals surface area contributed by atoms with E-state index < -0.39 is 29.4 Å². The molecule has 58 heavy (non-hydrogen) atoms. The molecule has 0 bridgehead atoms. The molecular formula is C42H42BO12P3. The van der Waals surface area contributed by atoms with Crippen molar-refractivity contribution < 1.29 is 55.4 Å². The predicted octanol–water partition coefficient (Wildman–Crippen LogP) is 6.86. The molecule has 0 amide bonds. The van der Waals surface area contributed by atoms with E-state index in [0.717, 1.165) is 0 Å². The lowest BCUT2D eigenvalue weighted by molar-refractivity contribution is 0.320. The fraction of sp³-hybridized carbons (Fsp3) is 0.143. The van der Waals surface area contributed by atoms with Crippen LogP contribution in [0.15, 0.2) is 146 Å². The van der Waals surface area contributed by atoms with Crippen LogP contribution in [0.5, 0.6) is 34.5 Å². The van der Waals surface area contributed by atoms with Gasteiger partial charge >= 0.3 is 7.32 Å². The molecule has 0 heterocycles. The van der Waals surface area contributed by atoms with Crippen LogP contribution in [0.4, 0.5) is 0 Å². The normalized spacial score (nSPS) is 11.7. The Morgan fingerprint density at radius 1 is 0.276 bits per heavy atom. The van der Waals surface area contributed by atoms with Crippen molar-refractivity contribution in [2.45, 2.75) is 0 Å². The van der Waals surface area contributed by atoms with Crippen LogP contribution in [-0.2, 0) is 27.0 Å². The number of benzene rings is 6. The average molecular weight is 843 g/mol. The van der Waals surface area contributed by atoms with Crippen LogP contribution in [0.1, 0.15) is 0 Å². The van der Waals surface area contributed by atoms with Crippen LogP contribution in [0.2, 0.25) is 0 Å². The molecule has 0 N–H and O–H groups in total. The zero-order valence-corrected chi connectivity index (χ0v) is 35.4. The number of hydrogen-bond acceptors (Lipinski definition) is 12. The molecule has 0 saturated heterocycles. The van der Waals surface area contributed by atoms with E-state index in [9.17, 15) is 0 Å². The Balaban J connectivity index is 1.59. The Morgan fingerprint density at radius 2 is 0.414 bits per heavy atom. The number of methoxy groups -OCH3 is 6. The highest BCUT2D eigenvalue weighted by atomic mass is 31.2. The van der Waals surface area contributed by atoms with Gasteiger partial charge in [0.15, 0.2) is 0 Å². The van der Waals surface area contributed by atoms with Crippen LogP contribution in [0.3, 0.4) is 0 Å². The molecule has 0 spiro atoms. The van der Waals surface area contributed by atoms with Gasteiger partial charge in [-0.15, -0.1) is 0 Å². The Hall–Kier alpha value is -5.25. The van der Waals surface area contributed by atoms with Gasteiger partial charge in [0.25, 0.3) is 22.1 Å². The van der Waals surface area contributed by atoms with Gasteiger partial charge in [0, 0.05) is 31.8 Å². The van der Waals surface area contributed by atoms with Gasteiger partial charge in [-0.05, 0) is 146 Å². The van der Waals surface area contributed by atoms with Gasteiger partial charge in [0.2, 0.25) is 0 Å². The smallest absolute Gasteiger partial charge is 0.497 e. The van der Waals surface area contributed by atoms with Crippen molar-refractivity contribution in [3.63, 3.8) is 0 Å². The summed E-state index contributed by atoms with van der Waals surface area (Å²) in [4.78, 5) is 0. The zero-order chi connectivity index (χ0) is 41.3. The molecule has 0 aliphatic heterocycles. The van der Waals surface area contributed by atoms with Crippen molar-refractivity contribution in [1.82, 2.24) is 0 Å². The highest BCUT2D eigenvalue weighted by molar-refractivity contribution is 7.78. The summed E-state index contributed by atoms with van der Waals surface area (Å²) in [6, 6.07) is 38.6. The van der Waals surface area contributed by atoms with Crippen molar-refractivity contribution in [3.8, 4) is 34.5 Å². The molecule has 0 atom stereocenters. The molecule has 300 valence electrons. The Morgan fingerprint density at radius 3 is 0.534 bits per heavy atom. The van der Waals surface area contributed by atoms with Gasteiger partial charge in [-0.1, -0.05) is 0 Å². The number of rotatable bonds is 18. The standard InChI is InChI=1S/C42H42BO12P3/c1-47-31-7-19-37(20-8-31)56(44,38-21-9-32(48-2)10-22-38)53-43(54-57(45,39-23-11-33(49-3)12-24-39)40-25-13-34(50-4)14-26-40)55-58(46,41-27-15-35(51-5)16-28-41)42-29-17-36(52-6)18-30-42/h7-30H,1-6H3. The van der Waals surface area contributed by atoms with Gasteiger partial charge in [0.1, 0.15) is 34.5 Å². The molecule has 0 saturated carbocycles. The van der Waals surface area contributed by atoms with Crippen LogP contribution in [0, 0.1) is 0 Å². The second-order valence-electron chi connectivity index (χ2n) is 12.4. The fourth-order valence-electron chi connectivity index (χ4n) is 5.90. The monoisotopic (exact) mass is 842 g/mol. The SMILES string of the molecule is COc1ccc(P(=O)(OB(OP(=O)(c2ccc(OC)cc2)c2ccc(OC)cc2)OP(=O)(c2ccc(OC)cc2)c2ccc(OC)cc2)c2ccc(OC)cc2)cc1. The van der Waals surface area contributed by atoms with E-state index in [1.807, 2.05) is 0 Å². The summed E-state index contributed by atoms with van der Waals surface area (Å²) in [5.41, 5.74) is 0. The minimum absolute atomic E-state index is 0.211. The quantitative estimate of drug-likeness (QED) is 0.0661. The average Bonchev–Trinajstić information content (AvgIpc) is 3.28. The molecular weight excluding hydrogens is 800 g/mol. The van der Waals surface area contributed by atoms with Crippen LogP contribution < -0.4 is 60.2 Å². The lowest BCUT2D eigenvalue weighted by atomic mass is 10.3. The van der Waals surface area contributed by atoms with E-state index >= 15 is 13.7 Å². The molecule has 0 aliphatic rings. The van der Waals surface area contributed by atoms with E-state index in [4.69, 9.17) is 41.7 Å². The second kappa shape index (κ2) is 18.6. The van der Waals surface area contributed by atoms with E-state index in [1.54, 1.807) is 146 Å². The van der Waals surface area contributed by atoms with E-state index in [2.05, 4.69) is 0 Å². The fourth-order valence-corrected chi connectivity index (χ4v) is 12.0.